The van der Waals surface area contributed by atoms with Crippen molar-refractivity contribution < 1.29 is 9.18 Å². The predicted octanol–water partition coefficient (Wildman–Crippen LogP) is 5.01. The van der Waals surface area contributed by atoms with Crippen LogP contribution in [0.15, 0.2) is 41.5 Å². The molecule has 1 amide bonds. The Hall–Kier alpha value is -2.69. The van der Waals surface area contributed by atoms with Gasteiger partial charge in [0.15, 0.2) is 0 Å². The molecule has 0 saturated heterocycles. The standard InChI is InChI=1S/C23H28FN3O/c1-6-27-21-11-15(2)18(12-20(21)16(3)13-23(27,4)5)14-25-26-22(28)17-7-9-19(24)10-8-17/h7-12,14,16H,6,13H2,1-5H3,(H,26,28)/b25-14-. The van der Waals surface area contributed by atoms with Crippen molar-refractivity contribution >= 4 is 17.8 Å². The molecule has 28 heavy (non-hydrogen) atoms. The third kappa shape index (κ3) is 3.93. The van der Waals surface area contributed by atoms with Crippen molar-refractivity contribution in [3.05, 3.63) is 64.5 Å². The highest BCUT2D eigenvalue weighted by Gasteiger charge is 2.35. The third-order valence-corrected chi connectivity index (χ3v) is 5.57. The molecule has 4 nitrogen and oxygen atoms in total. The van der Waals surface area contributed by atoms with Gasteiger partial charge in [-0.05, 0) is 93.1 Å². The molecule has 0 saturated carbocycles. The molecule has 5 heteroatoms. The molecular formula is C23H28FN3O. The summed E-state index contributed by atoms with van der Waals surface area (Å²) >= 11 is 0. The molecule has 0 fully saturated rings. The number of aryl methyl sites for hydroxylation is 1. The summed E-state index contributed by atoms with van der Waals surface area (Å²) in [5.74, 6) is -0.281. The zero-order valence-corrected chi connectivity index (χ0v) is 17.2. The minimum atomic E-state index is -0.372. The summed E-state index contributed by atoms with van der Waals surface area (Å²) in [5, 5.41) is 4.11. The number of rotatable bonds is 4. The van der Waals surface area contributed by atoms with Gasteiger partial charge in [-0.15, -0.1) is 0 Å². The van der Waals surface area contributed by atoms with Gasteiger partial charge in [0.2, 0.25) is 0 Å². The number of benzene rings is 2. The second-order valence-corrected chi connectivity index (χ2v) is 8.14. The molecule has 1 unspecified atom stereocenters. The number of carbonyl (C=O) groups is 1. The summed E-state index contributed by atoms with van der Waals surface area (Å²) in [5.41, 5.74) is 7.72. The first-order valence-corrected chi connectivity index (χ1v) is 9.74. The van der Waals surface area contributed by atoms with Gasteiger partial charge in [-0.2, -0.15) is 5.10 Å². The van der Waals surface area contributed by atoms with Crippen LogP contribution in [0.2, 0.25) is 0 Å². The van der Waals surface area contributed by atoms with Crippen LogP contribution in [0.4, 0.5) is 10.1 Å². The van der Waals surface area contributed by atoms with E-state index in [-0.39, 0.29) is 17.3 Å². The van der Waals surface area contributed by atoms with Gasteiger partial charge in [0, 0.05) is 23.3 Å². The van der Waals surface area contributed by atoms with Crippen molar-refractivity contribution in [1.29, 1.82) is 0 Å². The van der Waals surface area contributed by atoms with Crippen LogP contribution < -0.4 is 10.3 Å². The molecule has 1 heterocycles. The van der Waals surface area contributed by atoms with Crippen LogP contribution in [0.25, 0.3) is 0 Å². The second kappa shape index (κ2) is 7.74. The van der Waals surface area contributed by atoms with E-state index in [9.17, 15) is 9.18 Å². The Morgan fingerprint density at radius 3 is 2.64 bits per heavy atom. The van der Waals surface area contributed by atoms with E-state index in [4.69, 9.17) is 0 Å². The molecule has 0 radical (unpaired) electrons. The average Bonchev–Trinajstić information content (AvgIpc) is 2.62. The fourth-order valence-corrected chi connectivity index (χ4v) is 4.21. The molecule has 1 aliphatic rings. The number of hydrogen-bond donors (Lipinski definition) is 1. The molecule has 2 aromatic carbocycles. The number of hydrazone groups is 1. The van der Waals surface area contributed by atoms with Crippen molar-refractivity contribution in [3.63, 3.8) is 0 Å². The van der Waals surface area contributed by atoms with Crippen molar-refractivity contribution in [1.82, 2.24) is 5.43 Å². The predicted molar refractivity (Wildman–Crippen MR) is 113 cm³/mol. The lowest BCUT2D eigenvalue weighted by Gasteiger charge is -2.47. The van der Waals surface area contributed by atoms with E-state index < -0.39 is 0 Å². The minimum absolute atomic E-state index is 0.131. The molecule has 0 aromatic heterocycles. The number of anilines is 1. The Balaban J connectivity index is 1.82. The summed E-state index contributed by atoms with van der Waals surface area (Å²) in [7, 11) is 0. The highest BCUT2D eigenvalue weighted by molar-refractivity contribution is 5.95. The van der Waals surface area contributed by atoms with Crippen LogP contribution in [0.3, 0.4) is 0 Å². The number of halogens is 1. The molecule has 1 N–H and O–H groups in total. The summed E-state index contributed by atoms with van der Waals surface area (Å²) in [4.78, 5) is 14.6. The lowest BCUT2D eigenvalue weighted by Crippen LogP contribution is -2.48. The molecule has 0 bridgehead atoms. The van der Waals surface area contributed by atoms with Gasteiger partial charge in [-0.3, -0.25) is 4.79 Å². The van der Waals surface area contributed by atoms with E-state index in [1.165, 1.54) is 35.5 Å². The lowest BCUT2D eigenvalue weighted by atomic mass is 9.79. The first-order valence-electron chi connectivity index (χ1n) is 9.74. The third-order valence-electron chi connectivity index (χ3n) is 5.57. The maximum absolute atomic E-state index is 13.0. The van der Waals surface area contributed by atoms with E-state index in [0.717, 1.165) is 24.1 Å². The van der Waals surface area contributed by atoms with Crippen molar-refractivity contribution in [2.45, 2.75) is 52.5 Å². The van der Waals surface area contributed by atoms with Gasteiger partial charge in [0.25, 0.3) is 5.91 Å². The van der Waals surface area contributed by atoms with Crippen LogP contribution in [-0.4, -0.2) is 24.2 Å². The summed E-state index contributed by atoms with van der Waals surface area (Å²) in [6.07, 6.45) is 2.77. The normalized spacial score (nSPS) is 18.2. The Bertz CT molecular complexity index is 903. The van der Waals surface area contributed by atoms with E-state index in [1.807, 2.05) is 0 Å². The van der Waals surface area contributed by atoms with Crippen LogP contribution >= 0.6 is 0 Å². The fraction of sp³-hybridized carbons (Fsp3) is 0.391. The molecule has 2 aromatic rings. The second-order valence-electron chi connectivity index (χ2n) is 8.14. The first kappa shape index (κ1) is 20.1. The maximum atomic E-state index is 13.0. The number of hydrogen-bond acceptors (Lipinski definition) is 3. The van der Waals surface area contributed by atoms with Gasteiger partial charge < -0.3 is 4.90 Å². The zero-order chi connectivity index (χ0) is 20.5. The molecular weight excluding hydrogens is 353 g/mol. The summed E-state index contributed by atoms with van der Waals surface area (Å²) in [6, 6.07) is 9.80. The van der Waals surface area contributed by atoms with Gasteiger partial charge in [0.05, 0.1) is 6.21 Å². The molecule has 0 spiro atoms. The van der Waals surface area contributed by atoms with E-state index >= 15 is 0 Å². The first-order chi connectivity index (χ1) is 13.2. The average molecular weight is 381 g/mol. The molecule has 3 rings (SSSR count). The highest BCUT2D eigenvalue weighted by Crippen LogP contribution is 2.43. The van der Waals surface area contributed by atoms with Crippen LogP contribution in [-0.2, 0) is 0 Å². The minimum Gasteiger partial charge on any atom is -0.366 e. The number of amides is 1. The Morgan fingerprint density at radius 2 is 2.00 bits per heavy atom. The number of fused-ring (bicyclic) bond motifs is 1. The Morgan fingerprint density at radius 1 is 1.32 bits per heavy atom. The van der Waals surface area contributed by atoms with Crippen molar-refractivity contribution in [2.24, 2.45) is 5.10 Å². The van der Waals surface area contributed by atoms with Gasteiger partial charge >= 0.3 is 0 Å². The number of carbonyl (C=O) groups excluding carboxylic acids is 1. The molecule has 1 atom stereocenters. The molecule has 148 valence electrons. The topological polar surface area (TPSA) is 44.7 Å². The van der Waals surface area contributed by atoms with E-state index in [0.29, 0.717) is 11.5 Å². The molecule has 0 aliphatic carbocycles. The van der Waals surface area contributed by atoms with E-state index in [1.54, 1.807) is 6.21 Å². The van der Waals surface area contributed by atoms with Crippen LogP contribution in [0.5, 0.6) is 0 Å². The van der Waals surface area contributed by atoms with Gasteiger partial charge in [0.1, 0.15) is 5.82 Å². The van der Waals surface area contributed by atoms with Gasteiger partial charge in [-0.1, -0.05) is 6.92 Å². The SMILES string of the molecule is CCN1c2cc(C)c(/C=N\NC(=O)c3ccc(F)cc3)cc2C(C)CC1(C)C. The highest BCUT2D eigenvalue weighted by atomic mass is 19.1. The fourth-order valence-electron chi connectivity index (χ4n) is 4.21. The number of nitrogens with one attached hydrogen (secondary N) is 1. The Kier molecular flexibility index (Phi) is 5.54. The van der Waals surface area contributed by atoms with Gasteiger partial charge in [-0.25, -0.2) is 9.82 Å². The zero-order valence-electron chi connectivity index (χ0n) is 17.2. The summed E-state index contributed by atoms with van der Waals surface area (Å²) < 4.78 is 13.0. The number of nitrogens with zero attached hydrogens (tertiary/aromatic N) is 2. The monoisotopic (exact) mass is 381 g/mol. The largest absolute Gasteiger partial charge is 0.366 e. The smallest absolute Gasteiger partial charge is 0.271 e. The molecule has 1 aliphatic heterocycles. The summed E-state index contributed by atoms with van der Waals surface area (Å²) in [6.45, 7) is 12.1. The van der Waals surface area contributed by atoms with Crippen molar-refractivity contribution in [2.75, 3.05) is 11.4 Å². The maximum Gasteiger partial charge on any atom is 0.271 e. The Labute approximate surface area is 166 Å². The lowest BCUT2D eigenvalue weighted by molar-refractivity contribution is 0.0955. The van der Waals surface area contributed by atoms with Crippen molar-refractivity contribution in [3.8, 4) is 0 Å². The van der Waals surface area contributed by atoms with Crippen LogP contribution in [0, 0.1) is 12.7 Å². The van der Waals surface area contributed by atoms with Crippen LogP contribution in [0.1, 0.15) is 67.1 Å². The van der Waals surface area contributed by atoms with E-state index in [2.05, 4.69) is 62.2 Å². The quantitative estimate of drug-likeness (QED) is 0.598.